The molecule has 0 radical (unpaired) electrons. The smallest absolute Gasteiger partial charge is 0.433 e. The van der Waals surface area contributed by atoms with Crippen LogP contribution in [-0.2, 0) is 6.18 Å². The SMILES string of the molecule is COc1ccc2nc(C(F)(F)F)cc(Br)c2c1. The Balaban J connectivity index is 2.68. The lowest BCUT2D eigenvalue weighted by atomic mass is 10.2. The van der Waals surface area contributed by atoms with E-state index in [9.17, 15) is 13.2 Å². The summed E-state index contributed by atoms with van der Waals surface area (Å²) in [6.45, 7) is 0. The number of benzene rings is 1. The molecule has 0 aliphatic heterocycles. The molecule has 1 aromatic heterocycles. The van der Waals surface area contributed by atoms with Crippen LogP contribution >= 0.6 is 15.9 Å². The Kier molecular flexibility index (Phi) is 2.99. The molecule has 6 heteroatoms. The van der Waals surface area contributed by atoms with Gasteiger partial charge in [-0.05, 0) is 24.3 Å². The largest absolute Gasteiger partial charge is 0.497 e. The number of hydrogen-bond acceptors (Lipinski definition) is 2. The van der Waals surface area contributed by atoms with Gasteiger partial charge in [-0.3, -0.25) is 0 Å². The third-order valence-corrected chi connectivity index (χ3v) is 2.91. The van der Waals surface area contributed by atoms with Crippen molar-refractivity contribution in [3.63, 3.8) is 0 Å². The Bertz CT molecular complexity index is 568. The molecule has 1 aromatic carbocycles. The van der Waals surface area contributed by atoms with E-state index in [-0.39, 0.29) is 5.52 Å². The Morgan fingerprint density at radius 2 is 1.94 bits per heavy atom. The normalized spacial score (nSPS) is 11.8. The predicted octanol–water partition coefficient (Wildman–Crippen LogP) is 4.02. The van der Waals surface area contributed by atoms with Gasteiger partial charge in [0.1, 0.15) is 11.4 Å². The van der Waals surface area contributed by atoms with E-state index in [0.717, 1.165) is 6.07 Å². The molecule has 0 aliphatic carbocycles. The van der Waals surface area contributed by atoms with Gasteiger partial charge < -0.3 is 4.74 Å². The molecule has 0 N–H and O–H groups in total. The van der Waals surface area contributed by atoms with Crippen molar-refractivity contribution >= 4 is 26.8 Å². The van der Waals surface area contributed by atoms with Crippen molar-refractivity contribution in [2.24, 2.45) is 0 Å². The number of alkyl halides is 3. The Morgan fingerprint density at radius 3 is 2.53 bits per heavy atom. The van der Waals surface area contributed by atoms with Gasteiger partial charge in [-0.25, -0.2) is 4.98 Å². The molecule has 0 bridgehead atoms. The molecule has 1 heterocycles. The number of halogens is 4. The molecule has 0 saturated carbocycles. The first kappa shape index (κ1) is 12.2. The van der Waals surface area contributed by atoms with Crippen LogP contribution in [0.4, 0.5) is 13.2 Å². The van der Waals surface area contributed by atoms with E-state index in [1.54, 1.807) is 12.1 Å². The molecule has 2 nitrogen and oxygen atoms in total. The highest BCUT2D eigenvalue weighted by Gasteiger charge is 2.33. The number of aromatic nitrogens is 1. The molecule has 90 valence electrons. The fraction of sp³-hybridized carbons (Fsp3) is 0.182. The van der Waals surface area contributed by atoms with Gasteiger partial charge in [0.2, 0.25) is 0 Å². The van der Waals surface area contributed by atoms with Crippen molar-refractivity contribution in [2.45, 2.75) is 6.18 Å². The monoisotopic (exact) mass is 305 g/mol. The molecule has 0 unspecified atom stereocenters. The van der Waals surface area contributed by atoms with Gasteiger partial charge in [0.15, 0.2) is 0 Å². The molecule has 17 heavy (non-hydrogen) atoms. The minimum Gasteiger partial charge on any atom is -0.497 e. The fourth-order valence-corrected chi connectivity index (χ4v) is 1.97. The van der Waals surface area contributed by atoms with E-state index in [0.29, 0.717) is 15.6 Å². The number of hydrogen-bond donors (Lipinski definition) is 0. The topological polar surface area (TPSA) is 22.1 Å². The van der Waals surface area contributed by atoms with Gasteiger partial charge >= 0.3 is 6.18 Å². The summed E-state index contributed by atoms with van der Waals surface area (Å²) in [4.78, 5) is 3.57. The number of ether oxygens (including phenoxy) is 1. The molecule has 0 saturated heterocycles. The van der Waals surface area contributed by atoms with Crippen molar-refractivity contribution in [1.82, 2.24) is 4.98 Å². The van der Waals surface area contributed by atoms with Crippen LogP contribution in [0.2, 0.25) is 0 Å². The second kappa shape index (κ2) is 4.18. The molecule has 0 amide bonds. The van der Waals surface area contributed by atoms with E-state index >= 15 is 0 Å². The summed E-state index contributed by atoms with van der Waals surface area (Å²) in [6.07, 6.45) is -4.45. The molecule has 2 aromatic rings. The Morgan fingerprint density at radius 1 is 1.24 bits per heavy atom. The summed E-state index contributed by atoms with van der Waals surface area (Å²) in [5, 5.41) is 0.581. The van der Waals surface area contributed by atoms with E-state index in [2.05, 4.69) is 20.9 Å². The van der Waals surface area contributed by atoms with Gasteiger partial charge in [0.05, 0.1) is 12.6 Å². The fourth-order valence-electron chi connectivity index (χ4n) is 1.44. The molecule has 0 aliphatic rings. The molecule has 0 fully saturated rings. The van der Waals surface area contributed by atoms with E-state index < -0.39 is 11.9 Å². The lowest BCUT2D eigenvalue weighted by Gasteiger charge is -2.09. The second-order valence-corrected chi connectivity index (χ2v) is 4.22. The minimum absolute atomic E-state index is 0.271. The molecule has 0 atom stereocenters. The van der Waals surface area contributed by atoms with Gasteiger partial charge in [0, 0.05) is 9.86 Å². The van der Waals surface area contributed by atoms with Gasteiger partial charge in [0.25, 0.3) is 0 Å². The Labute approximate surface area is 104 Å². The van der Waals surface area contributed by atoms with Crippen molar-refractivity contribution in [1.29, 1.82) is 0 Å². The molecular weight excluding hydrogens is 299 g/mol. The summed E-state index contributed by atoms with van der Waals surface area (Å²) in [6, 6.07) is 5.66. The van der Waals surface area contributed by atoms with Crippen LogP contribution in [0.5, 0.6) is 5.75 Å². The van der Waals surface area contributed by atoms with Crippen molar-refractivity contribution in [3.8, 4) is 5.75 Å². The maximum atomic E-state index is 12.5. The zero-order valence-electron chi connectivity index (χ0n) is 8.68. The van der Waals surface area contributed by atoms with E-state index in [1.807, 2.05) is 0 Å². The van der Waals surface area contributed by atoms with E-state index in [1.165, 1.54) is 13.2 Å². The van der Waals surface area contributed by atoms with Crippen molar-refractivity contribution < 1.29 is 17.9 Å². The quantitative estimate of drug-likeness (QED) is 0.794. The van der Waals surface area contributed by atoms with Crippen LogP contribution in [0.3, 0.4) is 0 Å². The highest BCUT2D eigenvalue weighted by atomic mass is 79.9. The van der Waals surface area contributed by atoms with Gasteiger partial charge in [-0.15, -0.1) is 0 Å². The van der Waals surface area contributed by atoms with Crippen molar-refractivity contribution in [3.05, 3.63) is 34.4 Å². The maximum Gasteiger partial charge on any atom is 0.433 e. The van der Waals surface area contributed by atoms with E-state index in [4.69, 9.17) is 4.74 Å². The first-order valence-corrected chi connectivity index (χ1v) is 5.42. The summed E-state index contributed by atoms with van der Waals surface area (Å²) >= 11 is 3.11. The van der Waals surface area contributed by atoms with Crippen molar-refractivity contribution in [2.75, 3.05) is 7.11 Å². The summed E-state index contributed by atoms with van der Waals surface area (Å²) in [7, 11) is 1.49. The van der Waals surface area contributed by atoms with Crippen LogP contribution in [0.25, 0.3) is 10.9 Å². The number of rotatable bonds is 1. The standard InChI is InChI=1S/C11H7BrF3NO/c1-17-6-2-3-9-7(4-6)8(12)5-10(16-9)11(13,14)15/h2-5H,1H3. The zero-order chi connectivity index (χ0) is 12.6. The number of fused-ring (bicyclic) bond motifs is 1. The number of pyridine rings is 1. The highest BCUT2D eigenvalue weighted by Crippen LogP contribution is 2.34. The lowest BCUT2D eigenvalue weighted by Crippen LogP contribution is -2.08. The summed E-state index contributed by atoms with van der Waals surface area (Å²) in [5.74, 6) is 0.569. The third kappa shape index (κ3) is 2.36. The average molecular weight is 306 g/mol. The van der Waals surface area contributed by atoms with Crippen LogP contribution in [0, 0.1) is 0 Å². The first-order valence-electron chi connectivity index (χ1n) is 4.63. The number of nitrogens with zero attached hydrogens (tertiary/aromatic N) is 1. The second-order valence-electron chi connectivity index (χ2n) is 3.37. The van der Waals surface area contributed by atoms with Crippen LogP contribution < -0.4 is 4.74 Å². The minimum atomic E-state index is -4.45. The van der Waals surface area contributed by atoms with Crippen LogP contribution in [0.1, 0.15) is 5.69 Å². The van der Waals surface area contributed by atoms with Gasteiger partial charge in [-0.1, -0.05) is 15.9 Å². The summed E-state index contributed by atoms with van der Waals surface area (Å²) in [5.41, 5.74) is -0.644. The number of methoxy groups -OCH3 is 1. The average Bonchev–Trinajstić information content (AvgIpc) is 2.27. The lowest BCUT2D eigenvalue weighted by molar-refractivity contribution is -0.141. The Hall–Kier alpha value is -1.30. The highest BCUT2D eigenvalue weighted by molar-refractivity contribution is 9.10. The summed E-state index contributed by atoms with van der Waals surface area (Å²) < 4.78 is 42.9. The zero-order valence-corrected chi connectivity index (χ0v) is 10.3. The van der Waals surface area contributed by atoms with Crippen LogP contribution in [0.15, 0.2) is 28.7 Å². The van der Waals surface area contributed by atoms with Gasteiger partial charge in [-0.2, -0.15) is 13.2 Å². The first-order chi connectivity index (χ1) is 7.91. The molecule has 2 rings (SSSR count). The predicted molar refractivity (Wildman–Crippen MR) is 61.0 cm³/mol. The third-order valence-electron chi connectivity index (χ3n) is 2.26. The maximum absolute atomic E-state index is 12.5. The molecular formula is C11H7BrF3NO. The molecule has 0 spiro atoms. The van der Waals surface area contributed by atoms with Crippen LogP contribution in [-0.4, -0.2) is 12.1 Å².